The van der Waals surface area contributed by atoms with Gasteiger partial charge in [-0.1, -0.05) is 308 Å². The number of ether oxygens (including phenoxy) is 3. The summed E-state index contributed by atoms with van der Waals surface area (Å²) >= 11 is 0. The molecule has 0 heterocycles. The van der Waals surface area contributed by atoms with Gasteiger partial charge < -0.3 is 14.2 Å². The van der Waals surface area contributed by atoms with Crippen molar-refractivity contribution in [2.75, 3.05) is 13.2 Å². The fourth-order valence-corrected chi connectivity index (χ4v) is 9.57. The van der Waals surface area contributed by atoms with Crippen LogP contribution >= 0.6 is 0 Å². The summed E-state index contributed by atoms with van der Waals surface area (Å²) in [6.45, 7) is 6.65. The van der Waals surface area contributed by atoms with E-state index in [1.54, 1.807) is 0 Å². The van der Waals surface area contributed by atoms with E-state index in [0.29, 0.717) is 19.3 Å². The molecule has 6 nitrogen and oxygen atoms in total. The van der Waals surface area contributed by atoms with E-state index in [-0.39, 0.29) is 31.1 Å². The maximum Gasteiger partial charge on any atom is 0.306 e. The molecule has 0 aromatic carbocycles. The van der Waals surface area contributed by atoms with Crippen LogP contribution in [0.25, 0.3) is 0 Å². The van der Waals surface area contributed by atoms with Gasteiger partial charge >= 0.3 is 17.9 Å². The summed E-state index contributed by atoms with van der Waals surface area (Å²) in [7, 11) is 0. The second kappa shape index (κ2) is 61.2. The van der Waals surface area contributed by atoms with Crippen molar-refractivity contribution in [3.8, 4) is 0 Å². The fourth-order valence-electron chi connectivity index (χ4n) is 9.57. The van der Waals surface area contributed by atoms with Crippen LogP contribution in [0.2, 0.25) is 0 Å². The fraction of sp³-hybridized carbons (Fsp3) is 0.864. The highest BCUT2D eigenvalue weighted by Crippen LogP contribution is 2.18. The highest BCUT2D eigenvalue weighted by Gasteiger charge is 2.19. The maximum atomic E-state index is 12.9. The Morgan fingerprint density at radius 2 is 0.500 bits per heavy atom. The largest absolute Gasteiger partial charge is 0.462 e. The molecule has 0 fully saturated rings. The molecule has 0 aliphatic rings. The van der Waals surface area contributed by atoms with E-state index < -0.39 is 6.10 Å². The Labute approximate surface area is 448 Å². The first-order valence-electron chi connectivity index (χ1n) is 32.0. The smallest absolute Gasteiger partial charge is 0.306 e. The summed E-state index contributed by atoms with van der Waals surface area (Å²) < 4.78 is 16.9. The van der Waals surface area contributed by atoms with Crippen molar-refractivity contribution < 1.29 is 28.6 Å². The number of carbonyl (C=O) groups is 3. The van der Waals surface area contributed by atoms with Gasteiger partial charge in [0.1, 0.15) is 13.2 Å². The van der Waals surface area contributed by atoms with Crippen LogP contribution in [0.15, 0.2) is 36.5 Å². The van der Waals surface area contributed by atoms with Crippen molar-refractivity contribution in [3.05, 3.63) is 36.5 Å². The molecule has 1 atom stereocenters. The molecular formula is C66H122O6. The van der Waals surface area contributed by atoms with Crippen molar-refractivity contribution in [1.29, 1.82) is 0 Å². The lowest BCUT2D eigenvalue weighted by molar-refractivity contribution is -0.167. The average molecular weight is 1010 g/mol. The van der Waals surface area contributed by atoms with Crippen LogP contribution in [-0.2, 0) is 28.6 Å². The lowest BCUT2D eigenvalue weighted by Crippen LogP contribution is -2.30. The van der Waals surface area contributed by atoms with Crippen LogP contribution in [0, 0.1) is 0 Å². The molecule has 0 aliphatic carbocycles. The normalized spacial score (nSPS) is 12.2. The Morgan fingerprint density at radius 1 is 0.278 bits per heavy atom. The molecule has 0 bridgehead atoms. The summed E-state index contributed by atoms with van der Waals surface area (Å²) in [6, 6.07) is 0. The first kappa shape index (κ1) is 69.6. The molecule has 422 valence electrons. The minimum Gasteiger partial charge on any atom is -0.462 e. The van der Waals surface area contributed by atoms with Crippen molar-refractivity contribution in [2.24, 2.45) is 0 Å². The molecule has 0 aromatic heterocycles. The lowest BCUT2D eigenvalue weighted by Gasteiger charge is -2.18. The number of esters is 3. The lowest BCUT2D eigenvalue weighted by atomic mass is 10.0. The van der Waals surface area contributed by atoms with Gasteiger partial charge in [-0.2, -0.15) is 0 Å². The van der Waals surface area contributed by atoms with Crippen molar-refractivity contribution >= 4 is 17.9 Å². The summed E-state index contributed by atoms with van der Waals surface area (Å²) in [5.74, 6) is -0.860. The van der Waals surface area contributed by atoms with E-state index in [4.69, 9.17) is 14.2 Å². The third kappa shape index (κ3) is 58.5. The van der Waals surface area contributed by atoms with Crippen molar-refractivity contribution in [2.45, 2.75) is 354 Å². The number of carbonyl (C=O) groups excluding carboxylic acids is 3. The Bertz CT molecular complexity index is 1210. The Morgan fingerprint density at radius 3 is 0.778 bits per heavy atom. The predicted molar refractivity (Wildman–Crippen MR) is 312 cm³/mol. The molecule has 0 aliphatic heterocycles. The standard InChI is InChI=1S/C66H122O6/c1-4-7-10-13-16-19-21-23-25-27-29-31-33-35-37-39-41-43-45-47-50-53-56-59-65(68)71-62-63(61-70-64(67)58-55-52-49-18-15-12-9-6-3)72-66(69)60-57-54-51-48-46-44-42-40-38-36-34-32-30-28-26-24-22-20-17-14-11-8-5-2/h21,23,27,29,33,35,63H,4-20,22,24-26,28,30-32,34,36-62H2,1-3H3/b23-21-,29-27-,35-33-. The molecule has 0 rings (SSSR count). The summed E-state index contributed by atoms with van der Waals surface area (Å²) in [5.41, 5.74) is 0. The zero-order valence-corrected chi connectivity index (χ0v) is 48.5. The molecule has 0 radical (unpaired) electrons. The first-order valence-corrected chi connectivity index (χ1v) is 32.0. The van der Waals surface area contributed by atoms with E-state index in [1.165, 1.54) is 231 Å². The van der Waals surface area contributed by atoms with Crippen LogP contribution in [0.5, 0.6) is 0 Å². The van der Waals surface area contributed by atoms with E-state index in [1.807, 2.05) is 0 Å². The van der Waals surface area contributed by atoms with Gasteiger partial charge in [0.2, 0.25) is 0 Å². The van der Waals surface area contributed by atoms with Crippen LogP contribution in [0.4, 0.5) is 0 Å². The maximum absolute atomic E-state index is 12.9. The van der Waals surface area contributed by atoms with Crippen LogP contribution in [0.1, 0.15) is 348 Å². The molecule has 0 N–H and O–H groups in total. The summed E-state index contributed by atoms with van der Waals surface area (Å²) in [5, 5.41) is 0. The minimum absolute atomic E-state index is 0.0701. The minimum atomic E-state index is -0.770. The highest BCUT2D eigenvalue weighted by atomic mass is 16.6. The monoisotopic (exact) mass is 1010 g/mol. The van der Waals surface area contributed by atoms with Gasteiger partial charge in [-0.25, -0.2) is 0 Å². The third-order valence-corrected chi connectivity index (χ3v) is 14.4. The molecule has 0 aromatic rings. The van der Waals surface area contributed by atoms with Gasteiger partial charge in [0.25, 0.3) is 0 Å². The SMILES string of the molecule is CCCCCCC/C=C\C/C=C\C/C=C\CCCCCCCCCCC(=O)OCC(COC(=O)CCCCCCCCCC)OC(=O)CCCCCCCCCCCCCCCCCCCCCCCCC. The number of unbranched alkanes of at least 4 members (excludes halogenated alkanes) is 42. The Hall–Kier alpha value is -2.37. The van der Waals surface area contributed by atoms with E-state index in [0.717, 1.165) is 77.0 Å². The van der Waals surface area contributed by atoms with E-state index >= 15 is 0 Å². The van der Waals surface area contributed by atoms with Gasteiger partial charge in [0.05, 0.1) is 0 Å². The number of rotatable bonds is 59. The van der Waals surface area contributed by atoms with Crippen LogP contribution in [0.3, 0.4) is 0 Å². The van der Waals surface area contributed by atoms with Gasteiger partial charge in [0, 0.05) is 19.3 Å². The Kier molecular flexibility index (Phi) is 59.2. The van der Waals surface area contributed by atoms with Crippen molar-refractivity contribution in [3.63, 3.8) is 0 Å². The van der Waals surface area contributed by atoms with Gasteiger partial charge in [-0.15, -0.1) is 0 Å². The molecule has 6 heteroatoms. The van der Waals surface area contributed by atoms with Gasteiger partial charge in [-0.05, 0) is 57.8 Å². The highest BCUT2D eigenvalue weighted by molar-refractivity contribution is 5.71. The van der Waals surface area contributed by atoms with E-state index in [2.05, 4.69) is 57.2 Å². The molecule has 1 unspecified atom stereocenters. The molecule has 0 saturated heterocycles. The van der Waals surface area contributed by atoms with Crippen LogP contribution < -0.4 is 0 Å². The second-order valence-corrected chi connectivity index (χ2v) is 21.7. The predicted octanol–water partition coefficient (Wildman–Crippen LogP) is 21.6. The molecule has 0 amide bonds. The van der Waals surface area contributed by atoms with Crippen molar-refractivity contribution in [1.82, 2.24) is 0 Å². The zero-order valence-electron chi connectivity index (χ0n) is 48.5. The average Bonchev–Trinajstić information content (AvgIpc) is 3.38. The third-order valence-electron chi connectivity index (χ3n) is 14.4. The first-order chi connectivity index (χ1) is 35.5. The number of hydrogen-bond acceptors (Lipinski definition) is 6. The Balaban J connectivity index is 4.16. The molecule has 0 saturated carbocycles. The topological polar surface area (TPSA) is 78.9 Å². The van der Waals surface area contributed by atoms with E-state index in [9.17, 15) is 14.4 Å². The van der Waals surface area contributed by atoms with Crippen LogP contribution in [-0.4, -0.2) is 37.2 Å². The zero-order chi connectivity index (χ0) is 52.2. The molecular weight excluding hydrogens is 889 g/mol. The summed E-state index contributed by atoms with van der Waals surface area (Å²) in [4.78, 5) is 38.1. The quantitative estimate of drug-likeness (QED) is 0.0261. The molecule has 0 spiro atoms. The summed E-state index contributed by atoms with van der Waals surface area (Å²) in [6.07, 6.45) is 74.6. The number of allylic oxidation sites excluding steroid dienone is 6. The second-order valence-electron chi connectivity index (χ2n) is 21.7. The van der Waals surface area contributed by atoms with Gasteiger partial charge in [0.15, 0.2) is 6.10 Å². The number of hydrogen-bond donors (Lipinski definition) is 0. The molecule has 72 heavy (non-hydrogen) atoms. The van der Waals surface area contributed by atoms with Gasteiger partial charge in [-0.3, -0.25) is 14.4 Å².